The van der Waals surface area contributed by atoms with Gasteiger partial charge in [0.2, 0.25) is 0 Å². The molecular formula is C18H35NO. The van der Waals surface area contributed by atoms with Gasteiger partial charge in [-0.3, -0.25) is 0 Å². The van der Waals surface area contributed by atoms with E-state index in [4.69, 9.17) is 10.5 Å². The van der Waals surface area contributed by atoms with Crippen molar-refractivity contribution in [3.8, 4) is 0 Å². The Morgan fingerprint density at radius 2 is 1.90 bits per heavy atom. The molecule has 0 bridgehead atoms. The lowest BCUT2D eigenvalue weighted by Gasteiger charge is -2.49. The molecule has 0 heterocycles. The fraction of sp³-hybridized carbons (Fsp3) is 1.00. The maximum absolute atomic E-state index is 6.85. The van der Waals surface area contributed by atoms with Gasteiger partial charge in [0.25, 0.3) is 0 Å². The van der Waals surface area contributed by atoms with Gasteiger partial charge in [-0.15, -0.1) is 0 Å². The van der Waals surface area contributed by atoms with Gasteiger partial charge >= 0.3 is 0 Å². The number of hydrogen-bond acceptors (Lipinski definition) is 2. The summed E-state index contributed by atoms with van der Waals surface area (Å²) in [6.45, 7) is 7.65. The SMILES string of the molecule is CCOC1(C(N)C2CCCCC2CC)CCCC(C)C1. The van der Waals surface area contributed by atoms with Crippen molar-refractivity contribution >= 4 is 0 Å². The summed E-state index contributed by atoms with van der Waals surface area (Å²) in [7, 11) is 0. The van der Waals surface area contributed by atoms with Crippen LogP contribution in [0.1, 0.15) is 78.6 Å². The topological polar surface area (TPSA) is 35.2 Å². The average Bonchev–Trinajstić information content (AvgIpc) is 2.46. The van der Waals surface area contributed by atoms with Gasteiger partial charge in [-0.1, -0.05) is 52.4 Å². The van der Waals surface area contributed by atoms with E-state index in [0.29, 0.717) is 5.92 Å². The molecule has 2 fully saturated rings. The van der Waals surface area contributed by atoms with Crippen LogP contribution in [0.5, 0.6) is 0 Å². The molecule has 0 amide bonds. The molecule has 0 radical (unpaired) electrons. The van der Waals surface area contributed by atoms with E-state index in [1.807, 2.05) is 0 Å². The predicted octanol–water partition coefficient (Wildman–Crippen LogP) is 4.52. The van der Waals surface area contributed by atoms with Crippen molar-refractivity contribution in [3.63, 3.8) is 0 Å². The Bertz CT molecular complexity index is 289. The van der Waals surface area contributed by atoms with Crippen LogP contribution in [0.15, 0.2) is 0 Å². The molecule has 2 aliphatic rings. The van der Waals surface area contributed by atoms with Crippen molar-refractivity contribution in [2.45, 2.75) is 90.2 Å². The van der Waals surface area contributed by atoms with E-state index in [9.17, 15) is 0 Å². The van der Waals surface area contributed by atoms with Crippen molar-refractivity contribution in [1.82, 2.24) is 0 Å². The maximum Gasteiger partial charge on any atom is 0.0837 e. The molecule has 2 rings (SSSR count). The van der Waals surface area contributed by atoms with Crippen LogP contribution in [-0.4, -0.2) is 18.2 Å². The molecule has 5 unspecified atom stereocenters. The highest BCUT2D eigenvalue weighted by molar-refractivity contribution is 5.00. The van der Waals surface area contributed by atoms with Crippen molar-refractivity contribution in [3.05, 3.63) is 0 Å². The number of nitrogens with two attached hydrogens (primary N) is 1. The Balaban J connectivity index is 2.14. The smallest absolute Gasteiger partial charge is 0.0837 e. The van der Waals surface area contributed by atoms with Gasteiger partial charge in [-0.2, -0.15) is 0 Å². The largest absolute Gasteiger partial charge is 0.374 e. The second-order valence-electron chi connectivity index (χ2n) is 7.34. The third kappa shape index (κ3) is 3.39. The zero-order valence-corrected chi connectivity index (χ0v) is 13.9. The van der Waals surface area contributed by atoms with Gasteiger partial charge in [-0.05, 0) is 43.9 Å². The van der Waals surface area contributed by atoms with Crippen LogP contribution >= 0.6 is 0 Å². The molecule has 0 aromatic heterocycles. The molecule has 2 saturated carbocycles. The van der Waals surface area contributed by atoms with Gasteiger partial charge in [0.1, 0.15) is 0 Å². The van der Waals surface area contributed by atoms with Crippen molar-refractivity contribution < 1.29 is 4.74 Å². The molecule has 118 valence electrons. The molecule has 2 aliphatic carbocycles. The first-order chi connectivity index (χ1) is 9.63. The van der Waals surface area contributed by atoms with Crippen LogP contribution in [0, 0.1) is 17.8 Å². The van der Waals surface area contributed by atoms with E-state index in [-0.39, 0.29) is 11.6 Å². The third-order valence-electron chi connectivity index (χ3n) is 5.98. The second kappa shape index (κ2) is 7.26. The minimum Gasteiger partial charge on any atom is -0.374 e. The average molecular weight is 281 g/mol. The van der Waals surface area contributed by atoms with Crippen molar-refractivity contribution in [2.24, 2.45) is 23.5 Å². The normalized spacial score (nSPS) is 40.5. The highest BCUT2D eigenvalue weighted by Crippen LogP contribution is 2.44. The summed E-state index contributed by atoms with van der Waals surface area (Å²) in [6, 6.07) is 0.246. The minimum atomic E-state index is -0.0259. The minimum absolute atomic E-state index is 0.0259. The first-order valence-corrected chi connectivity index (χ1v) is 9.02. The molecule has 20 heavy (non-hydrogen) atoms. The predicted molar refractivity (Wildman–Crippen MR) is 85.7 cm³/mol. The van der Waals surface area contributed by atoms with Gasteiger partial charge in [0.15, 0.2) is 0 Å². The lowest BCUT2D eigenvalue weighted by molar-refractivity contribution is -0.111. The van der Waals surface area contributed by atoms with Crippen molar-refractivity contribution in [2.75, 3.05) is 6.61 Å². The number of rotatable bonds is 5. The standard InChI is InChI=1S/C18H35NO/c1-4-15-10-6-7-11-16(15)17(19)18(20-5-2)12-8-9-14(3)13-18/h14-17H,4-13,19H2,1-3H3. The zero-order chi connectivity index (χ0) is 14.6. The molecule has 0 aliphatic heterocycles. The molecule has 0 spiro atoms. The fourth-order valence-electron chi connectivity index (χ4n) is 4.97. The Morgan fingerprint density at radius 3 is 2.55 bits per heavy atom. The lowest BCUT2D eigenvalue weighted by atomic mass is 9.65. The summed E-state index contributed by atoms with van der Waals surface area (Å²) in [5, 5.41) is 0. The molecule has 2 N–H and O–H groups in total. The van der Waals surface area contributed by atoms with Gasteiger partial charge in [0.05, 0.1) is 5.60 Å². The number of ether oxygens (including phenoxy) is 1. The number of hydrogen-bond donors (Lipinski definition) is 1. The summed E-state index contributed by atoms with van der Waals surface area (Å²) >= 11 is 0. The van der Waals surface area contributed by atoms with E-state index in [1.165, 1.54) is 57.8 Å². The van der Waals surface area contributed by atoms with Gasteiger partial charge in [0, 0.05) is 12.6 Å². The van der Waals surface area contributed by atoms with Gasteiger partial charge in [-0.25, -0.2) is 0 Å². The molecule has 2 nitrogen and oxygen atoms in total. The third-order valence-corrected chi connectivity index (χ3v) is 5.98. The quantitative estimate of drug-likeness (QED) is 0.804. The summed E-state index contributed by atoms with van der Waals surface area (Å²) < 4.78 is 6.32. The maximum atomic E-state index is 6.85. The van der Waals surface area contributed by atoms with E-state index in [2.05, 4.69) is 20.8 Å². The zero-order valence-electron chi connectivity index (χ0n) is 13.9. The van der Waals surface area contributed by atoms with E-state index < -0.39 is 0 Å². The Labute approximate surface area is 125 Å². The van der Waals surface area contributed by atoms with Crippen molar-refractivity contribution in [1.29, 1.82) is 0 Å². The van der Waals surface area contributed by atoms with Gasteiger partial charge < -0.3 is 10.5 Å². The molecule has 0 aromatic carbocycles. The molecule has 5 atom stereocenters. The highest BCUT2D eigenvalue weighted by Gasteiger charge is 2.46. The van der Waals surface area contributed by atoms with Crippen LogP contribution in [-0.2, 0) is 4.74 Å². The highest BCUT2D eigenvalue weighted by atomic mass is 16.5. The fourth-order valence-corrected chi connectivity index (χ4v) is 4.97. The second-order valence-corrected chi connectivity index (χ2v) is 7.34. The summed E-state index contributed by atoms with van der Waals surface area (Å²) in [6.07, 6.45) is 11.8. The summed E-state index contributed by atoms with van der Waals surface area (Å²) in [5.74, 6) is 2.28. The molecular weight excluding hydrogens is 246 g/mol. The Hall–Kier alpha value is -0.0800. The summed E-state index contributed by atoms with van der Waals surface area (Å²) in [5.41, 5.74) is 6.82. The molecule has 2 heteroatoms. The van der Waals surface area contributed by atoms with Crippen LogP contribution < -0.4 is 5.73 Å². The van der Waals surface area contributed by atoms with Crippen LogP contribution in [0.4, 0.5) is 0 Å². The molecule has 0 saturated heterocycles. The van der Waals surface area contributed by atoms with E-state index >= 15 is 0 Å². The summed E-state index contributed by atoms with van der Waals surface area (Å²) in [4.78, 5) is 0. The first kappa shape index (κ1) is 16.3. The van der Waals surface area contributed by atoms with Crippen LogP contribution in [0.3, 0.4) is 0 Å². The van der Waals surface area contributed by atoms with E-state index in [1.54, 1.807) is 0 Å². The Kier molecular flexibility index (Phi) is 5.92. The monoisotopic (exact) mass is 281 g/mol. The molecule has 0 aromatic rings. The lowest BCUT2D eigenvalue weighted by Crippen LogP contribution is -2.57. The first-order valence-electron chi connectivity index (χ1n) is 9.02. The van der Waals surface area contributed by atoms with E-state index in [0.717, 1.165) is 18.4 Å². The Morgan fingerprint density at radius 1 is 1.15 bits per heavy atom. The van der Waals surface area contributed by atoms with Crippen LogP contribution in [0.2, 0.25) is 0 Å². The van der Waals surface area contributed by atoms with Crippen LogP contribution in [0.25, 0.3) is 0 Å².